The second kappa shape index (κ2) is 6.53. The summed E-state index contributed by atoms with van der Waals surface area (Å²) >= 11 is 1.53. The molecule has 0 atom stereocenters. The van der Waals surface area contributed by atoms with Crippen molar-refractivity contribution in [3.05, 3.63) is 24.3 Å². The highest BCUT2D eigenvalue weighted by atomic mass is 32.2. The first-order valence-corrected chi connectivity index (χ1v) is 6.97. The number of ether oxygens (including phenoxy) is 1. The van der Waals surface area contributed by atoms with Gasteiger partial charge in [0, 0.05) is 5.75 Å². The molecule has 0 spiro atoms. The van der Waals surface area contributed by atoms with Gasteiger partial charge in [0.25, 0.3) is 0 Å². The van der Waals surface area contributed by atoms with Crippen LogP contribution in [0, 0.1) is 0 Å². The predicted octanol–water partition coefficient (Wildman–Crippen LogP) is 1.88. The lowest BCUT2D eigenvalue weighted by molar-refractivity contribution is 0.0920. The largest absolute Gasteiger partial charge is 0.508 e. The molecule has 0 saturated carbocycles. The van der Waals surface area contributed by atoms with E-state index in [-0.39, 0.29) is 11.9 Å². The van der Waals surface area contributed by atoms with Gasteiger partial charge in [-0.2, -0.15) is 4.68 Å². The van der Waals surface area contributed by atoms with E-state index in [0.29, 0.717) is 11.8 Å². The number of phenols is 1. The lowest BCUT2D eigenvalue weighted by atomic mass is 10.3. The van der Waals surface area contributed by atoms with Gasteiger partial charge in [0.1, 0.15) is 5.75 Å². The molecule has 0 amide bonds. The third-order valence-electron chi connectivity index (χ3n) is 2.30. The maximum absolute atomic E-state index is 9.27. The Labute approximate surface area is 115 Å². The van der Waals surface area contributed by atoms with Gasteiger partial charge < -0.3 is 9.84 Å². The number of aromatic hydroxyl groups is 1. The number of thioether (sulfide) groups is 1. The lowest BCUT2D eigenvalue weighted by Gasteiger charge is -2.07. The van der Waals surface area contributed by atoms with E-state index < -0.39 is 0 Å². The van der Waals surface area contributed by atoms with E-state index >= 15 is 0 Å². The molecular formula is C12H16N4O2S. The van der Waals surface area contributed by atoms with Crippen LogP contribution in [-0.2, 0) is 4.74 Å². The fourth-order valence-electron chi connectivity index (χ4n) is 1.44. The van der Waals surface area contributed by atoms with E-state index in [0.717, 1.165) is 11.4 Å². The summed E-state index contributed by atoms with van der Waals surface area (Å²) in [4.78, 5) is 0. The van der Waals surface area contributed by atoms with Gasteiger partial charge in [-0.1, -0.05) is 11.8 Å². The van der Waals surface area contributed by atoms with Crippen LogP contribution in [0.25, 0.3) is 5.69 Å². The van der Waals surface area contributed by atoms with Gasteiger partial charge in [0.15, 0.2) is 0 Å². The number of benzene rings is 1. The van der Waals surface area contributed by atoms with Crippen molar-refractivity contribution in [1.82, 2.24) is 20.2 Å². The van der Waals surface area contributed by atoms with Crippen molar-refractivity contribution in [3.63, 3.8) is 0 Å². The molecule has 0 aliphatic rings. The highest BCUT2D eigenvalue weighted by Gasteiger charge is 2.08. The fourth-order valence-corrected chi connectivity index (χ4v) is 2.16. The topological polar surface area (TPSA) is 73.1 Å². The molecule has 0 aliphatic carbocycles. The molecule has 102 valence electrons. The Bertz CT molecular complexity index is 513. The smallest absolute Gasteiger partial charge is 0.214 e. The van der Waals surface area contributed by atoms with Gasteiger partial charge in [-0.05, 0) is 48.5 Å². The average molecular weight is 280 g/mol. The van der Waals surface area contributed by atoms with Crippen LogP contribution in [-0.4, -0.2) is 43.8 Å². The predicted molar refractivity (Wildman–Crippen MR) is 72.6 cm³/mol. The summed E-state index contributed by atoms with van der Waals surface area (Å²) < 4.78 is 7.11. The number of hydrogen-bond acceptors (Lipinski definition) is 6. The van der Waals surface area contributed by atoms with Gasteiger partial charge in [-0.15, -0.1) is 5.10 Å². The fraction of sp³-hybridized carbons (Fsp3) is 0.417. The van der Waals surface area contributed by atoms with E-state index in [1.54, 1.807) is 28.9 Å². The van der Waals surface area contributed by atoms with Crippen LogP contribution >= 0.6 is 11.8 Å². The minimum atomic E-state index is 0.219. The first-order chi connectivity index (χ1) is 9.16. The Morgan fingerprint density at radius 3 is 2.74 bits per heavy atom. The molecule has 0 unspecified atom stereocenters. The van der Waals surface area contributed by atoms with Gasteiger partial charge >= 0.3 is 0 Å². The summed E-state index contributed by atoms with van der Waals surface area (Å²) in [6, 6.07) is 6.74. The number of tetrazole rings is 1. The van der Waals surface area contributed by atoms with Crippen molar-refractivity contribution in [2.75, 3.05) is 12.4 Å². The van der Waals surface area contributed by atoms with Crippen molar-refractivity contribution in [1.29, 1.82) is 0 Å². The second-order valence-electron chi connectivity index (χ2n) is 4.16. The molecule has 1 aromatic carbocycles. The Kier molecular flexibility index (Phi) is 4.75. The molecule has 1 heterocycles. The quantitative estimate of drug-likeness (QED) is 0.643. The molecule has 2 aromatic rings. The van der Waals surface area contributed by atoms with Crippen LogP contribution in [0.4, 0.5) is 0 Å². The van der Waals surface area contributed by atoms with Crippen LogP contribution < -0.4 is 0 Å². The van der Waals surface area contributed by atoms with Crippen LogP contribution in [0.2, 0.25) is 0 Å². The van der Waals surface area contributed by atoms with Gasteiger partial charge in [0.05, 0.1) is 18.4 Å². The Morgan fingerprint density at radius 1 is 1.32 bits per heavy atom. The summed E-state index contributed by atoms with van der Waals surface area (Å²) in [5.74, 6) is 1.01. The minimum Gasteiger partial charge on any atom is -0.508 e. The molecule has 0 radical (unpaired) electrons. The number of nitrogens with zero attached hydrogens (tertiary/aromatic N) is 4. The highest BCUT2D eigenvalue weighted by Crippen LogP contribution is 2.19. The summed E-state index contributed by atoms with van der Waals surface area (Å²) in [6.45, 7) is 4.67. The van der Waals surface area contributed by atoms with Crippen molar-refractivity contribution in [2.24, 2.45) is 0 Å². The summed E-state index contributed by atoms with van der Waals surface area (Å²) in [7, 11) is 0. The van der Waals surface area contributed by atoms with Crippen molar-refractivity contribution in [3.8, 4) is 11.4 Å². The Hall–Kier alpha value is -1.60. The van der Waals surface area contributed by atoms with Gasteiger partial charge in [-0.25, -0.2) is 0 Å². The van der Waals surface area contributed by atoms with E-state index in [1.165, 1.54) is 11.8 Å². The molecule has 0 saturated heterocycles. The maximum Gasteiger partial charge on any atom is 0.214 e. The molecule has 7 heteroatoms. The van der Waals surface area contributed by atoms with Gasteiger partial charge in [-0.3, -0.25) is 0 Å². The van der Waals surface area contributed by atoms with Crippen molar-refractivity contribution in [2.45, 2.75) is 25.1 Å². The molecule has 0 fully saturated rings. The number of phenolic OH excluding ortho intramolecular Hbond substituents is 1. The molecule has 19 heavy (non-hydrogen) atoms. The third kappa shape index (κ3) is 3.93. The molecule has 0 bridgehead atoms. The van der Waals surface area contributed by atoms with Crippen LogP contribution in [0.5, 0.6) is 5.75 Å². The zero-order chi connectivity index (χ0) is 13.7. The zero-order valence-electron chi connectivity index (χ0n) is 10.9. The monoisotopic (exact) mass is 280 g/mol. The maximum atomic E-state index is 9.27. The molecule has 6 nitrogen and oxygen atoms in total. The van der Waals surface area contributed by atoms with Crippen LogP contribution in [0.3, 0.4) is 0 Å². The number of hydrogen-bond donors (Lipinski definition) is 1. The van der Waals surface area contributed by atoms with E-state index in [1.807, 2.05) is 13.8 Å². The summed E-state index contributed by atoms with van der Waals surface area (Å²) in [5.41, 5.74) is 0.815. The zero-order valence-corrected chi connectivity index (χ0v) is 11.7. The van der Waals surface area contributed by atoms with Crippen LogP contribution in [0.1, 0.15) is 13.8 Å². The highest BCUT2D eigenvalue weighted by molar-refractivity contribution is 7.99. The molecule has 1 N–H and O–H groups in total. The molecular weight excluding hydrogens is 264 g/mol. The van der Waals surface area contributed by atoms with Gasteiger partial charge in [0.2, 0.25) is 5.16 Å². The number of rotatable bonds is 6. The molecule has 1 aromatic heterocycles. The van der Waals surface area contributed by atoms with E-state index in [2.05, 4.69) is 15.5 Å². The molecule has 0 aliphatic heterocycles. The minimum absolute atomic E-state index is 0.219. The average Bonchev–Trinajstić information content (AvgIpc) is 2.84. The van der Waals surface area contributed by atoms with Crippen molar-refractivity contribution < 1.29 is 9.84 Å². The Balaban J connectivity index is 1.99. The summed E-state index contributed by atoms with van der Waals surface area (Å²) in [6.07, 6.45) is 0.230. The third-order valence-corrected chi connectivity index (χ3v) is 3.18. The van der Waals surface area contributed by atoms with E-state index in [4.69, 9.17) is 4.74 Å². The normalized spacial score (nSPS) is 11.1. The SMILES string of the molecule is CC(C)OCCSc1nnnn1-c1ccc(O)cc1. The standard InChI is InChI=1S/C12H16N4O2S/c1-9(2)18-7-8-19-12-13-14-15-16(12)10-3-5-11(17)6-4-10/h3-6,9,17H,7-8H2,1-2H3. The van der Waals surface area contributed by atoms with Crippen molar-refractivity contribution >= 4 is 11.8 Å². The second-order valence-corrected chi connectivity index (χ2v) is 5.22. The number of aromatic nitrogens is 4. The lowest BCUT2D eigenvalue weighted by Crippen LogP contribution is -2.06. The summed E-state index contributed by atoms with van der Waals surface area (Å²) in [5, 5.41) is 21.6. The first kappa shape index (κ1) is 13.8. The van der Waals surface area contributed by atoms with Crippen LogP contribution in [0.15, 0.2) is 29.4 Å². The molecule has 2 rings (SSSR count). The first-order valence-electron chi connectivity index (χ1n) is 5.99. The Morgan fingerprint density at radius 2 is 2.05 bits per heavy atom. The van der Waals surface area contributed by atoms with E-state index in [9.17, 15) is 5.11 Å².